The highest BCUT2D eigenvalue weighted by Gasteiger charge is 2.34. The molecule has 3 rings (SSSR count). The molecular formula is C20H19N3O2S. The Bertz CT molecular complexity index is 846. The van der Waals surface area contributed by atoms with Crippen LogP contribution in [0.1, 0.15) is 18.9 Å². The van der Waals surface area contributed by atoms with E-state index in [2.05, 4.69) is 18.0 Å². The fourth-order valence-corrected chi connectivity index (χ4v) is 3.96. The summed E-state index contributed by atoms with van der Waals surface area (Å²) < 4.78 is 5.62. The van der Waals surface area contributed by atoms with E-state index in [-0.39, 0.29) is 18.6 Å². The second-order valence-electron chi connectivity index (χ2n) is 5.76. The van der Waals surface area contributed by atoms with Crippen LogP contribution in [0.2, 0.25) is 0 Å². The summed E-state index contributed by atoms with van der Waals surface area (Å²) in [5.41, 5.74) is 1.24. The van der Waals surface area contributed by atoms with E-state index in [0.29, 0.717) is 16.5 Å². The van der Waals surface area contributed by atoms with E-state index in [4.69, 9.17) is 10.00 Å². The predicted molar refractivity (Wildman–Crippen MR) is 104 cm³/mol. The number of nitrogens with zero attached hydrogens (tertiary/aromatic N) is 3. The molecule has 6 heteroatoms. The fourth-order valence-electron chi connectivity index (χ4n) is 2.67. The summed E-state index contributed by atoms with van der Waals surface area (Å²) in [6, 6.07) is 18.7. The third kappa shape index (κ3) is 4.06. The Morgan fingerprint density at radius 1 is 1.27 bits per heavy atom. The molecule has 0 aromatic heterocycles. The first kappa shape index (κ1) is 18.0. The quantitative estimate of drug-likeness (QED) is 0.804. The van der Waals surface area contributed by atoms with E-state index >= 15 is 0 Å². The van der Waals surface area contributed by atoms with E-state index in [1.165, 1.54) is 0 Å². The van der Waals surface area contributed by atoms with Crippen molar-refractivity contribution in [2.75, 3.05) is 12.4 Å². The lowest BCUT2D eigenvalue weighted by atomic mass is 10.2. The zero-order valence-corrected chi connectivity index (χ0v) is 15.3. The number of carbonyl (C=O) groups excluding carboxylic acids is 1. The molecule has 0 unspecified atom stereocenters. The van der Waals surface area contributed by atoms with Gasteiger partial charge in [-0.1, -0.05) is 49.0 Å². The smallest absolute Gasteiger partial charge is 0.266 e. The maximum absolute atomic E-state index is 12.8. The molecule has 2 aromatic carbocycles. The highest BCUT2D eigenvalue weighted by molar-refractivity contribution is 8.14. The van der Waals surface area contributed by atoms with Crippen LogP contribution < -0.4 is 4.74 Å². The number of hydrogen-bond donors (Lipinski definition) is 0. The van der Waals surface area contributed by atoms with Gasteiger partial charge in [0.25, 0.3) is 5.91 Å². The Balaban J connectivity index is 1.76. The monoisotopic (exact) mass is 365 g/mol. The molecule has 1 atom stereocenters. The van der Waals surface area contributed by atoms with Crippen LogP contribution in [0, 0.1) is 11.3 Å². The lowest BCUT2D eigenvalue weighted by molar-refractivity contribution is -0.130. The molecule has 5 nitrogen and oxygen atoms in total. The molecule has 1 saturated heterocycles. The minimum absolute atomic E-state index is 0.102. The molecule has 0 N–H and O–H groups in total. The van der Waals surface area contributed by atoms with E-state index in [0.717, 1.165) is 17.9 Å². The van der Waals surface area contributed by atoms with E-state index < -0.39 is 0 Å². The van der Waals surface area contributed by atoms with Crippen molar-refractivity contribution in [2.24, 2.45) is 4.99 Å². The van der Waals surface area contributed by atoms with Crippen LogP contribution in [-0.4, -0.2) is 34.4 Å². The molecule has 0 spiro atoms. The van der Waals surface area contributed by atoms with Crippen LogP contribution in [0.5, 0.6) is 5.75 Å². The normalized spacial score (nSPS) is 17.9. The molecule has 0 radical (unpaired) electrons. The van der Waals surface area contributed by atoms with Gasteiger partial charge in [-0.3, -0.25) is 9.69 Å². The number of benzene rings is 2. The number of amides is 1. The Kier molecular flexibility index (Phi) is 5.92. The molecule has 0 bridgehead atoms. The van der Waals surface area contributed by atoms with Crippen molar-refractivity contribution in [3.8, 4) is 11.8 Å². The van der Waals surface area contributed by atoms with Gasteiger partial charge in [0.05, 0.1) is 11.3 Å². The van der Waals surface area contributed by atoms with Gasteiger partial charge in [0.1, 0.15) is 11.8 Å². The minimum atomic E-state index is -0.149. The second kappa shape index (κ2) is 8.54. The maximum Gasteiger partial charge on any atom is 0.266 e. The van der Waals surface area contributed by atoms with Crippen LogP contribution in [0.4, 0.5) is 5.69 Å². The summed E-state index contributed by atoms with van der Waals surface area (Å²) in [4.78, 5) is 19.2. The maximum atomic E-state index is 12.8. The Labute approximate surface area is 157 Å². The van der Waals surface area contributed by atoms with Crippen molar-refractivity contribution < 1.29 is 9.53 Å². The fraction of sp³-hybridized carbons (Fsp3) is 0.250. The van der Waals surface area contributed by atoms with Gasteiger partial charge in [0, 0.05) is 11.8 Å². The highest BCUT2D eigenvalue weighted by Crippen LogP contribution is 2.29. The third-order valence-corrected chi connectivity index (χ3v) is 5.15. The Hall–Kier alpha value is -2.78. The molecule has 1 aliphatic heterocycles. The summed E-state index contributed by atoms with van der Waals surface area (Å²) in [5.74, 6) is 1.09. The molecule has 1 fully saturated rings. The largest absolute Gasteiger partial charge is 0.482 e. The van der Waals surface area contributed by atoms with Gasteiger partial charge < -0.3 is 4.74 Å². The number of rotatable bonds is 5. The minimum Gasteiger partial charge on any atom is -0.482 e. The van der Waals surface area contributed by atoms with E-state index in [9.17, 15) is 4.79 Å². The first-order valence-corrected chi connectivity index (χ1v) is 9.42. The second-order valence-corrected chi connectivity index (χ2v) is 6.75. The van der Waals surface area contributed by atoms with Crippen molar-refractivity contribution in [3.05, 3.63) is 60.2 Å². The van der Waals surface area contributed by atoms with E-state index in [1.807, 2.05) is 30.3 Å². The van der Waals surface area contributed by atoms with Crippen molar-refractivity contribution in [2.45, 2.75) is 19.4 Å². The third-order valence-electron chi connectivity index (χ3n) is 4.06. The standard InChI is InChI=1S/C20H19N3O2S/c1-2-17-14-26-20(22-16-9-4-3-5-10-16)23(17)19(24)13-25-18-11-7-6-8-15(18)12-21/h3-11,17H,2,13-14H2,1H3/t17-/m0/s1. The van der Waals surface area contributed by atoms with Crippen LogP contribution in [0.3, 0.4) is 0 Å². The van der Waals surface area contributed by atoms with Crippen LogP contribution in [0.25, 0.3) is 0 Å². The number of thioether (sulfide) groups is 1. The van der Waals surface area contributed by atoms with Crippen molar-refractivity contribution in [1.82, 2.24) is 4.90 Å². The molecule has 26 heavy (non-hydrogen) atoms. The van der Waals surface area contributed by atoms with Crippen LogP contribution >= 0.6 is 11.8 Å². The number of amidine groups is 1. The summed E-state index contributed by atoms with van der Waals surface area (Å²) in [6.07, 6.45) is 0.849. The average Bonchev–Trinajstić information content (AvgIpc) is 3.09. The van der Waals surface area contributed by atoms with Gasteiger partial charge >= 0.3 is 0 Å². The number of ether oxygens (including phenoxy) is 1. The topological polar surface area (TPSA) is 65.7 Å². The van der Waals surface area contributed by atoms with Crippen LogP contribution in [-0.2, 0) is 4.79 Å². The van der Waals surface area contributed by atoms with E-state index in [1.54, 1.807) is 40.9 Å². The van der Waals surface area contributed by atoms with Gasteiger partial charge in [-0.15, -0.1) is 0 Å². The number of carbonyl (C=O) groups is 1. The van der Waals surface area contributed by atoms with Gasteiger partial charge in [-0.05, 0) is 30.7 Å². The number of nitriles is 1. The first-order valence-electron chi connectivity index (χ1n) is 8.43. The highest BCUT2D eigenvalue weighted by atomic mass is 32.2. The molecule has 1 amide bonds. The lowest BCUT2D eigenvalue weighted by Gasteiger charge is -2.23. The van der Waals surface area contributed by atoms with Crippen molar-refractivity contribution in [3.63, 3.8) is 0 Å². The summed E-state index contributed by atoms with van der Waals surface area (Å²) in [5, 5.41) is 9.83. The average molecular weight is 365 g/mol. The van der Waals surface area contributed by atoms with Crippen molar-refractivity contribution in [1.29, 1.82) is 5.26 Å². The number of aliphatic imine (C=N–C) groups is 1. The lowest BCUT2D eigenvalue weighted by Crippen LogP contribution is -2.41. The summed E-state index contributed by atoms with van der Waals surface area (Å²) >= 11 is 1.58. The molecule has 1 heterocycles. The molecule has 0 aliphatic carbocycles. The van der Waals surface area contributed by atoms with Crippen LogP contribution in [0.15, 0.2) is 59.6 Å². The van der Waals surface area contributed by atoms with Gasteiger partial charge in [0.15, 0.2) is 11.8 Å². The number of para-hydroxylation sites is 2. The number of hydrogen-bond acceptors (Lipinski definition) is 5. The Morgan fingerprint density at radius 2 is 2.00 bits per heavy atom. The van der Waals surface area contributed by atoms with Gasteiger partial charge in [0.2, 0.25) is 0 Å². The molecule has 2 aromatic rings. The SMILES string of the molecule is CC[C@H]1CSC(=Nc2ccccc2)N1C(=O)COc1ccccc1C#N. The van der Waals surface area contributed by atoms with Gasteiger partial charge in [-0.2, -0.15) is 5.26 Å². The van der Waals surface area contributed by atoms with Gasteiger partial charge in [-0.25, -0.2) is 4.99 Å². The molecule has 0 saturated carbocycles. The first-order chi connectivity index (χ1) is 12.7. The molecular weight excluding hydrogens is 346 g/mol. The van der Waals surface area contributed by atoms with Crippen molar-refractivity contribution >= 4 is 28.5 Å². The zero-order chi connectivity index (χ0) is 18.4. The molecule has 1 aliphatic rings. The molecule has 132 valence electrons. The Morgan fingerprint density at radius 3 is 2.73 bits per heavy atom. The predicted octanol–water partition coefficient (Wildman–Crippen LogP) is 3.98. The zero-order valence-electron chi connectivity index (χ0n) is 14.5. The summed E-state index contributed by atoms with van der Waals surface area (Å²) in [6.45, 7) is 1.94. The summed E-state index contributed by atoms with van der Waals surface area (Å²) in [7, 11) is 0.